The Kier molecular flexibility index (Phi) is 26.1. The highest BCUT2D eigenvalue weighted by atomic mass is 16.8. The van der Waals surface area contributed by atoms with Crippen LogP contribution in [0.2, 0.25) is 0 Å². The van der Waals surface area contributed by atoms with Gasteiger partial charge in [0.15, 0.2) is 80.1 Å². The standard InChI is InChI=1S/C50H68O34/c1-18(51)65-14-31-35(69-22(5)55)39(43(47(64)78-31)74-27(10)60)83-49-45(76-29(12)62)41(73-26(9)59)38(34(81-49)17-68-21(4)54)82-48-46(77-30(13)63)42(37(71-24(7)57)33(79-48)16-67-20(3)53)84-50-44(75-28(11)61)40(72-25(8)58)36(70-23(6)56)32(80-50)15-66-19(2)52/h31-50,64H,14-17H2,1-13H3/t31-,32-,33-,34-,35-,36-,37-,38-,39+,40+,41+,42+,43-,44-,45-,46-,47-,48+,49+,50+/m1/s1. The highest BCUT2D eigenvalue weighted by Crippen LogP contribution is 2.40. The molecule has 4 saturated heterocycles. The number of ether oxygens (including phenoxy) is 20. The van der Waals surface area contributed by atoms with Crippen LogP contribution in [0, 0.1) is 0 Å². The molecule has 0 saturated carbocycles. The first kappa shape index (κ1) is 69.3. The predicted molar refractivity (Wildman–Crippen MR) is 258 cm³/mol. The normalized spacial score (nSPS) is 32.7. The number of carbonyl (C=O) groups excluding carboxylic acids is 13. The van der Waals surface area contributed by atoms with E-state index in [0.717, 1.165) is 90.0 Å². The lowest BCUT2D eigenvalue weighted by Gasteiger charge is -2.51. The molecule has 0 unspecified atom stereocenters. The van der Waals surface area contributed by atoms with Crippen molar-refractivity contribution in [3.63, 3.8) is 0 Å². The van der Waals surface area contributed by atoms with Crippen molar-refractivity contribution in [1.82, 2.24) is 0 Å². The van der Waals surface area contributed by atoms with Gasteiger partial charge >= 0.3 is 77.6 Å². The second-order valence-electron chi connectivity index (χ2n) is 18.9. The Morgan fingerprint density at radius 2 is 0.452 bits per heavy atom. The zero-order valence-electron chi connectivity index (χ0n) is 47.8. The summed E-state index contributed by atoms with van der Waals surface area (Å²) in [6.45, 7) is 8.87. The lowest BCUT2D eigenvalue weighted by atomic mass is 9.94. The SMILES string of the molecule is CC(=O)OC[C@H]1O[C@@H](O)[C@H](OC(C)=O)[C@@H](O[C@@H]2O[C@H](COC(C)=O)[C@@H](O[C@@H]3O[C@H](COC(C)=O)[C@@H](OC(C)=O)[C@H](O[C@@H]4O[C@H](COC(C)=O)[C@@H](OC(C)=O)[C@H](OC(C)=O)[C@H]4OC(C)=O)[C@H]3OC(C)=O)[C@H](OC(C)=O)[C@H]2OC(C)=O)[C@@H]1OC(C)=O. The number of aliphatic hydroxyl groups excluding tert-OH is 1. The summed E-state index contributed by atoms with van der Waals surface area (Å²) in [7, 11) is 0. The van der Waals surface area contributed by atoms with Crippen molar-refractivity contribution in [2.75, 3.05) is 26.4 Å². The van der Waals surface area contributed by atoms with Gasteiger partial charge in [-0.3, -0.25) is 62.3 Å². The van der Waals surface area contributed by atoms with Gasteiger partial charge < -0.3 is 99.8 Å². The number of hydrogen-bond acceptors (Lipinski definition) is 34. The number of aliphatic hydroxyl groups is 1. The molecule has 0 aromatic heterocycles. The van der Waals surface area contributed by atoms with Crippen LogP contribution in [-0.4, -0.2) is 232 Å². The zero-order chi connectivity index (χ0) is 63.0. The van der Waals surface area contributed by atoms with E-state index in [-0.39, 0.29) is 0 Å². The maximum absolute atomic E-state index is 13.3. The first-order chi connectivity index (χ1) is 39.3. The molecule has 4 aliphatic heterocycles. The third-order valence-corrected chi connectivity index (χ3v) is 11.8. The van der Waals surface area contributed by atoms with E-state index in [9.17, 15) is 67.4 Å². The predicted octanol–water partition coefficient (Wildman–Crippen LogP) is -2.33. The zero-order valence-corrected chi connectivity index (χ0v) is 47.8. The minimum absolute atomic E-state index is 0.725. The number of rotatable bonds is 23. The Balaban J connectivity index is 2.02. The average molecular weight is 1210 g/mol. The number of hydrogen-bond donors (Lipinski definition) is 1. The van der Waals surface area contributed by atoms with Gasteiger partial charge in [-0.2, -0.15) is 0 Å². The van der Waals surface area contributed by atoms with Crippen molar-refractivity contribution < 1.29 is 162 Å². The quantitative estimate of drug-likeness (QED) is 0.0828. The molecule has 0 radical (unpaired) electrons. The van der Waals surface area contributed by atoms with E-state index >= 15 is 0 Å². The second-order valence-corrected chi connectivity index (χ2v) is 18.9. The van der Waals surface area contributed by atoms with E-state index in [1.807, 2.05) is 0 Å². The molecule has 4 aliphatic rings. The summed E-state index contributed by atoms with van der Waals surface area (Å²) < 4.78 is 115. The third-order valence-electron chi connectivity index (χ3n) is 11.8. The summed E-state index contributed by atoms with van der Waals surface area (Å²) in [6, 6.07) is 0. The molecule has 4 fully saturated rings. The minimum atomic E-state index is -2.26. The summed E-state index contributed by atoms with van der Waals surface area (Å²) in [6.07, 6.45) is -39.6. The molecule has 34 heteroatoms. The monoisotopic (exact) mass is 1210 g/mol. The van der Waals surface area contributed by atoms with E-state index in [1.165, 1.54) is 0 Å². The number of carbonyl (C=O) groups is 13. The molecular weight excluding hydrogens is 1140 g/mol. The van der Waals surface area contributed by atoms with Crippen molar-refractivity contribution in [1.29, 1.82) is 0 Å². The van der Waals surface area contributed by atoms with Crippen LogP contribution < -0.4 is 0 Å². The first-order valence-electron chi connectivity index (χ1n) is 25.6. The van der Waals surface area contributed by atoms with Crippen LogP contribution in [0.3, 0.4) is 0 Å². The third kappa shape index (κ3) is 20.5. The molecule has 20 atom stereocenters. The fourth-order valence-electron chi connectivity index (χ4n) is 9.05. The van der Waals surface area contributed by atoms with E-state index < -0.39 is 227 Å². The maximum atomic E-state index is 13.3. The number of esters is 13. The molecule has 0 spiro atoms. The van der Waals surface area contributed by atoms with Crippen molar-refractivity contribution >= 4 is 77.6 Å². The molecule has 0 aliphatic carbocycles. The van der Waals surface area contributed by atoms with Gasteiger partial charge in [-0.1, -0.05) is 0 Å². The Morgan fingerprint density at radius 1 is 0.250 bits per heavy atom. The Morgan fingerprint density at radius 3 is 0.750 bits per heavy atom. The summed E-state index contributed by atoms with van der Waals surface area (Å²) in [4.78, 5) is 165. The van der Waals surface area contributed by atoms with Gasteiger partial charge in [0, 0.05) is 90.0 Å². The fourth-order valence-corrected chi connectivity index (χ4v) is 9.05. The van der Waals surface area contributed by atoms with Gasteiger partial charge in [-0.05, 0) is 0 Å². The Labute approximate surface area is 478 Å². The summed E-state index contributed by atoms with van der Waals surface area (Å²) in [5.74, 6) is -13.5. The van der Waals surface area contributed by atoms with Gasteiger partial charge in [0.05, 0.1) is 0 Å². The highest BCUT2D eigenvalue weighted by Gasteiger charge is 2.62. The lowest BCUT2D eigenvalue weighted by Crippen LogP contribution is -2.69. The summed E-state index contributed by atoms with van der Waals surface area (Å²) in [5.41, 5.74) is 0. The minimum Gasteiger partial charge on any atom is -0.463 e. The molecule has 0 aromatic rings. The van der Waals surface area contributed by atoms with Crippen molar-refractivity contribution in [2.45, 2.75) is 213 Å². The molecule has 84 heavy (non-hydrogen) atoms. The molecule has 472 valence electrons. The van der Waals surface area contributed by atoms with Crippen molar-refractivity contribution in [3.8, 4) is 0 Å². The topological polar surface area (TPSA) is 427 Å². The largest absolute Gasteiger partial charge is 0.463 e. The molecule has 1 N–H and O–H groups in total. The van der Waals surface area contributed by atoms with Crippen LogP contribution in [-0.2, 0) is 157 Å². The van der Waals surface area contributed by atoms with Crippen LogP contribution >= 0.6 is 0 Å². The van der Waals surface area contributed by atoms with Crippen LogP contribution in [0.25, 0.3) is 0 Å². The van der Waals surface area contributed by atoms with Crippen molar-refractivity contribution in [3.05, 3.63) is 0 Å². The summed E-state index contributed by atoms with van der Waals surface area (Å²) >= 11 is 0. The molecular formula is C50H68O34. The second kappa shape index (κ2) is 31.6. The van der Waals surface area contributed by atoms with Crippen LogP contribution in [0.15, 0.2) is 0 Å². The molecule has 4 rings (SSSR count). The van der Waals surface area contributed by atoms with Gasteiger partial charge in [-0.25, -0.2) is 0 Å². The highest BCUT2D eigenvalue weighted by molar-refractivity contribution is 5.71. The average Bonchev–Trinajstić information content (AvgIpc) is 3.55. The molecule has 34 nitrogen and oxygen atoms in total. The van der Waals surface area contributed by atoms with Crippen LogP contribution in [0.1, 0.15) is 90.0 Å². The van der Waals surface area contributed by atoms with E-state index in [0.29, 0.717) is 0 Å². The first-order valence-corrected chi connectivity index (χ1v) is 25.6. The maximum Gasteiger partial charge on any atom is 0.303 e. The van der Waals surface area contributed by atoms with Gasteiger partial charge in [0.25, 0.3) is 0 Å². The smallest absolute Gasteiger partial charge is 0.303 e. The van der Waals surface area contributed by atoms with Crippen molar-refractivity contribution in [2.24, 2.45) is 0 Å². The molecule has 0 bridgehead atoms. The van der Waals surface area contributed by atoms with E-state index in [1.54, 1.807) is 0 Å². The Hall–Kier alpha value is -7.21. The Bertz CT molecular complexity index is 2410. The van der Waals surface area contributed by atoms with Crippen LogP contribution in [0.5, 0.6) is 0 Å². The van der Waals surface area contributed by atoms with E-state index in [2.05, 4.69) is 0 Å². The van der Waals surface area contributed by atoms with E-state index in [4.69, 9.17) is 94.7 Å². The molecule has 0 amide bonds. The van der Waals surface area contributed by atoms with Gasteiger partial charge in [0.1, 0.15) is 69.2 Å². The van der Waals surface area contributed by atoms with Gasteiger partial charge in [0.2, 0.25) is 0 Å². The van der Waals surface area contributed by atoms with Crippen LogP contribution in [0.4, 0.5) is 0 Å². The molecule has 4 heterocycles. The van der Waals surface area contributed by atoms with Gasteiger partial charge in [-0.15, -0.1) is 0 Å². The fraction of sp³-hybridized carbons (Fsp3) is 0.740. The summed E-state index contributed by atoms with van der Waals surface area (Å²) in [5, 5.41) is 11.2. The molecule has 0 aromatic carbocycles. The lowest BCUT2D eigenvalue weighted by molar-refractivity contribution is -0.389.